The Morgan fingerprint density at radius 3 is 2.71 bits per heavy atom. The average Bonchev–Trinajstić information content (AvgIpc) is 2.37. The first kappa shape index (κ1) is 10.3. The Bertz CT molecular complexity index is 211. The summed E-state index contributed by atoms with van der Waals surface area (Å²) < 4.78 is 0. The van der Waals surface area contributed by atoms with Gasteiger partial charge in [0.1, 0.15) is 0 Å². The summed E-state index contributed by atoms with van der Waals surface area (Å²) in [5.74, 6) is 0.987. The van der Waals surface area contributed by atoms with Gasteiger partial charge in [0.25, 0.3) is 0 Å². The fourth-order valence-corrected chi connectivity index (χ4v) is 2.88. The van der Waals surface area contributed by atoms with E-state index in [2.05, 4.69) is 24.2 Å². The van der Waals surface area contributed by atoms with Crippen molar-refractivity contribution < 1.29 is 0 Å². The highest BCUT2D eigenvalue weighted by Crippen LogP contribution is 2.29. The van der Waals surface area contributed by atoms with E-state index in [4.69, 9.17) is 0 Å². The number of hydrogen-bond acceptors (Lipinski definition) is 2. The van der Waals surface area contributed by atoms with Crippen LogP contribution in [-0.4, -0.2) is 23.0 Å². The van der Waals surface area contributed by atoms with Crippen LogP contribution in [0.4, 0.5) is 0 Å². The first-order chi connectivity index (χ1) is 6.75. The second kappa shape index (κ2) is 4.56. The summed E-state index contributed by atoms with van der Waals surface area (Å²) >= 11 is 1.89. The second-order valence-corrected chi connectivity index (χ2v) is 5.89. The van der Waals surface area contributed by atoms with E-state index in [0.29, 0.717) is 11.3 Å². The van der Waals surface area contributed by atoms with Gasteiger partial charge < -0.3 is 5.32 Å². The standard InChI is InChI=1S/C11H20N2S/c1-8-9(2)14-11(13-8)12-7-6-10-4-3-5-10/h8-10H,3-7H2,1-2H3,(H,12,13). The van der Waals surface area contributed by atoms with Crippen LogP contribution in [0, 0.1) is 5.92 Å². The maximum Gasteiger partial charge on any atom is 0.157 e. The Kier molecular flexibility index (Phi) is 3.37. The molecule has 80 valence electrons. The van der Waals surface area contributed by atoms with Crippen molar-refractivity contribution in [1.82, 2.24) is 5.32 Å². The number of amidine groups is 1. The van der Waals surface area contributed by atoms with E-state index in [1.165, 1.54) is 30.9 Å². The fourth-order valence-electron chi connectivity index (χ4n) is 1.84. The molecule has 1 aliphatic heterocycles. The van der Waals surface area contributed by atoms with E-state index in [0.717, 1.165) is 12.5 Å². The predicted molar refractivity (Wildman–Crippen MR) is 63.9 cm³/mol. The molecule has 1 aliphatic carbocycles. The van der Waals surface area contributed by atoms with Crippen molar-refractivity contribution in [3.63, 3.8) is 0 Å². The van der Waals surface area contributed by atoms with Gasteiger partial charge in [0.15, 0.2) is 5.17 Å². The number of rotatable bonds is 3. The van der Waals surface area contributed by atoms with Gasteiger partial charge in [-0.2, -0.15) is 0 Å². The van der Waals surface area contributed by atoms with Gasteiger partial charge in [-0.15, -0.1) is 0 Å². The summed E-state index contributed by atoms with van der Waals surface area (Å²) in [6, 6.07) is 0.586. The van der Waals surface area contributed by atoms with Crippen molar-refractivity contribution in [3.05, 3.63) is 0 Å². The molecule has 0 bridgehead atoms. The SMILES string of the molecule is CC1NC(=NCCC2CCC2)SC1C. The molecule has 1 N–H and O–H groups in total. The smallest absolute Gasteiger partial charge is 0.157 e. The van der Waals surface area contributed by atoms with Gasteiger partial charge in [-0.05, 0) is 19.3 Å². The Balaban J connectivity index is 1.70. The molecule has 0 aromatic heterocycles. The van der Waals surface area contributed by atoms with Crippen LogP contribution in [0.1, 0.15) is 39.5 Å². The lowest BCUT2D eigenvalue weighted by atomic mass is 9.83. The predicted octanol–water partition coefficient (Wildman–Crippen LogP) is 2.65. The Hall–Kier alpha value is -0.180. The Labute approximate surface area is 90.9 Å². The molecule has 0 aromatic carbocycles. The molecule has 3 heteroatoms. The van der Waals surface area contributed by atoms with Crippen molar-refractivity contribution in [1.29, 1.82) is 0 Å². The first-order valence-electron chi connectivity index (χ1n) is 5.73. The van der Waals surface area contributed by atoms with Gasteiger partial charge in [0, 0.05) is 17.8 Å². The third-order valence-electron chi connectivity index (χ3n) is 3.37. The summed E-state index contributed by atoms with van der Waals surface area (Å²) in [7, 11) is 0. The number of hydrogen-bond donors (Lipinski definition) is 1. The van der Waals surface area contributed by atoms with Crippen molar-refractivity contribution >= 4 is 16.9 Å². The van der Waals surface area contributed by atoms with Gasteiger partial charge in [-0.3, -0.25) is 4.99 Å². The van der Waals surface area contributed by atoms with Crippen LogP contribution in [0.25, 0.3) is 0 Å². The number of nitrogens with zero attached hydrogens (tertiary/aromatic N) is 1. The largest absolute Gasteiger partial charge is 0.361 e. The molecule has 1 saturated heterocycles. The number of nitrogens with one attached hydrogen (secondary N) is 1. The van der Waals surface area contributed by atoms with Crippen LogP contribution >= 0.6 is 11.8 Å². The molecule has 0 aromatic rings. The van der Waals surface area contributed by atoms with E-state index in [1.807, 2.05) is 11.8 Å². The van der Waals surface area contributed by atoms with Crippen LogP contribution in [-0.2, 0) is 0 Å². The summed E-state index contributed by atoms with van der Waals surface area (Å²) in [6.07, 6.45) is 5.63. The fraction of sp³-hybridized carbons (Fsp3) is 0.909. The zero-order valence-electron chi connectivity index (χ0n) is 9.12. The Morgan fingerprint density at radius 2 is 2.21 bits per heavy atom. The molecular weight excluding hydrogens is 192 g/mol. The van der Waals surface area contributed by atoms with Crippen molar-refractivity contribution in [2.45, 2.75) is 50.8 Å². The maximum absolute atomic E-state index is 4.61. The van der Waals surface area contributed by atoms with Gasteiger partial charge in [-0.25, -0.2) is 0 Å². The van der Waals surface area contributed by atoms with Gasteiger partial charge in [0.05, 0.1) is 0 Å². The molecule has 2 rings (SSSR count). The van der Waals surface area contributed by atoms with Gasteiger partial charge >= 0.3 is 0 Å². The summed E-state index contributed by atoms with van der Waals surface area (Å²) in [5, 5.41) is 5.28. The molecule has 2 unspecified atom stereocenters. The number of thioether (sulfide) groups is 1. The van der Waals surface area contributed by atoms with E-state index < -0.39 is 0 Å². The van der Waals surface area contributed by atoms with Crippen LogP contribution in [0.15, 0.2) is 4.99 Å². The zero-order valence-corrected chi connectivity index (χ0v) is 9.94. The van der Waals surface area contributed by atoms with Gasteiger partial charge in [-0.1, -0.05) is 37.9 Å². The second-order valence-electron chi connectivity index (χ2n) is 4.53. The quantitative estimate of drug-likeness (QED) is 0.778. The average molecular weight is 212 g/mol. The minimum atomic E-state index is 0.586. The zero-order chi connectivity index (χ0) is 9.97. The minimum absolute atomic E-state index is 0.586. The van der Waals surface area contributed by atoms with Crippen molar-refractivity contribution in [2.75, 3.05) is 6.54 Å². The monoisotopic (exact) mass is 212 g/mol. The summed E-state index contributed by atoms with van der Waals surface area (Å²) in [4.78, 5) is 4.61. The van der Waals surface area contributed by atoms with E-state index in [-0.39, 0.29) is 0 Å². The Morgan fingerprint density at radius 1 is 1.43 bits per heavy atom. The minimum Gasteiger partial charge on any atom is -0.361 e. The normalized spacial score (nSPS) is 35.7. The molecule has 14 heavy (non-hydrogen) atoms. The third-order valence-corrected chi connectivity index (χ3v) is 4.62. The van der Waals surface area contributed by atoms with E-state index >= 15 is 0 Å². The van der Waals surface area contributed by atoms with Crippen LogP contribution in [0.3, 0.4) is 0 Å². The van der Waals surface area contributed by atoms with Crippen molar-refractivity contribution in [2.24, 2.45) is 10.9 Å². The highest BCUT2D eigenvalue weighted by atomic mass is 32.2. The number of aliphatic imine (C=N–C) groups is 1. The highest BCUT2D eigenvalue weighted by molar-refractivity contribution is 8.14. The molecule has 2 atom stereocenters. The molecule has 2 nitrogen and oxygen atoms in total. The molecule has 0 amide bonds. The molecule has 1 saturated carbocycles. The van der Waals surface area contributed by atoms with Gasteiger partial charge in [0.2, 0.25) is 0 Å². The highest BCUT2D eigenvalue weighted by Gasteiger charge is 2.24. The third kappa shape index (κ3) is 2.44. The lowest BCUT2D eigenvalue weighted by molar-refractivity contribution is 0.300. The maximum atomic E-state index is 4.61. The molecule has 1 heterocycles. The van der Waals surface area contributed by atoms with E-state index in [1.54, 1.807) is 0 Å². The van der Waals surface area contributed by atoms with Crippen LogP contribution in [0.2, 0.25) is 0 Å². The molecule has 2 aliphatic rings. The summed E-state index contributed by atoms with van der Waals surface area (Å²) in [5.41, 5.74) is 0. The topological polar surface area (TPSA) is 24.4 Å². The molecule has 0 radical (unpaired) electrons. The molecular formula is C11H20N2S. The lowest BCUT2D eigenvalue weighted by Gasteiger charge is -2.24. The van der Waals surface area contributed by atoms with Crippen LogP contribution in [0.5, 0.6) is 0 Å². The molecule has 0 spiro atoms. The van der Waals surface area contributed by atoms with E-state index in [9.17, 15) is 0 Å². The first-order valence-corrected chi connectivity index (χ1v) is 6.61. The van der Waals surface area contributed by atoms with Crippen LogP contribution < -0.4 is 5.32 Å². The van der Waals surface area contributed by atoms with Crippen molar-refractivity contribution in [3.8, 4) is 0 Å². The molecule has 2 fully saturated rings. The summed E-state index contributed by atoms with van der Waals surface area (Å²) in [6.45, 7) is 5.52. The lowest BCUT2D eigenvalue weighted by Crippen LogP contribution is -2.26.